The third-order valence-electron chi connectivity index (χ3n) is 5.07. The highest BCUT2D eigenvalue weighted by molar-refractivity contribution is 6.49. The molecule has 0 saturated heterocycles. The summed E-state index contributed by atoms with van der Waals surface area (Å²) < 4.78 is 13.8. The van der Waals surface area contributed by atoms with Crippen LogP contribution in [-0.4, -0.2) is 45.7 Å². The van der Waals surface area contributed by atoms with Crippen LogP contribution in [0.2, 0.25) is 0 Å². The summed E-state index contributed by atoms with van der Waals surface area (Å²) in [5.74, 6) is -1.20. The van der Waals surface area contributed by atoms with E-state index in [0.29, 0.717) is 17.8 Å². The van der Waals surface area contributed by atoms with Crippen molar-refractivity contribution in [2.75, 3.05) is 11.9 Å². The summed E-state index contributed by atoms with van der Waals surface area (Å²) in [6.45, 7) is 5.62. The van der Waals surface area contributed by atoms with Crippen LogP contribution in [-0.2, 0) is 14.4 Å². The van der Waals surface area contributed by atoms with Crippen molar-refractivity contribution < 1.29 is 18.8 Å². The Bertz CT molecular complexity index is 1170. The van der Waals surface area contributed by atoms with Gasteiger partial charge >= 0.3 is 0 Å². The predicted molar refractivity (Wildman–Crippen MR) is 114 cm³/mol. The summed E-state index contributed by atoms with van der Waals surface area (Å²) in [5, 5.41) is 6.49. The fourth-order valence-electron chi connectivity index (χ4n) is 3.22. The number of amides is 1. The normalized spacial score (nSPS) is 17.4. The molecular weight excluding hydrogens is 401 g/mol. The molecule has 2 aliphatic heterocycles. The highest BCUT2D eigenvalue weighted by Gasteiger charge is 2.40. The minimum Gasteiger partial charge on any atom is -0.381 e. The van der Waals surface area contributed by atoms with E-state index >= 15 is 0 Å². The van der Waals surface area contributed by atoms with Crippen molar-refractivity contribution in [3.8, 4) is 11.3 Å². The Balaban J connectivity index is 1.56. The van der Waals surface area contributed by atoms with Crippen molar-refractivity contribution in [2.24, 2.45) is 10.1 Å². The number of hydrogen-bond donors (Lipinski definition) is 1. The maximum absolute atomic E-state index is 13.8. The number of nitrogens with one attached hydrogen (secondary N) is 1. The number of halogens is 1. The first-order valence-electron chi connectivity index (χ1n) is 9.70. The van der Waals surface area contributed by atoms with Crippen LogP contribution in [0.1, 0.15) is 31.4 Å². The number of benzene rings is 1. The van der Waals surface area contributed by atoms with Gasteiger partial charge in [-0.2, -0.15) is 0 Å². The molecular formula is C22H20FN5O3. The van der Waals surface area contributed by atoms with Gasteiger partial charge in [-0.05, 0) is 32.4 Å². The molecule has 0 unspecified atom stereocenters. The smallest absolute Gasteiger partial charge is 0.255 e. The van der Waals surface area contributed by atoms with Gasteiger partial charge in [-0.15, -0.1) is 0 Å². The van der Waals surface area contributed by atoms with Crippen LogP contribution < -0.4 is 5.32 Å². The average molecular weight is 421 g/mol. The minimum absolute atomic E-state index is 0.0385. The molecule has 0 aliphatic carbocycles. The van der Waals surface area contributed by atoms with Gasteiger partial charge in [-0.3, -0.25) is 19.6 Å². The third kappa shape index (κ3) is 3.98. The number of Topliss-reactive ketones (excluding diaryl/α,β-unsaturated/α-hetero) is 1. The SMILES string of the molecule is Cc1ccc(C2=NOC(C)(C)C2=O)cc1-c1cnc(NC(=O)C2=C(F)C=NCC2)cn1. The molecule has 0 fully saturated rings. The van der Waals surface area contributed by atoms with E-state index in [1.165, 1.54) is 12.4 Å². The number of carbonyl (C=O) groups excluding carboxylic acids is 2. The number of hydrogen-bond acceptors (Lipinski definition) is 7. The largest absolute Gasteiger partial charge is 0.381 e. The van der Waals surface area contributed by atoms with Gasteiger partial charge in [0.1, 0.15) is 5.83 Å². The monoisotopic (exact) mass is 421 g/mol. The van der Waals surface area contributed by atoms with Crippen molar-refractivity contribution in [3.05, 3.63) is 53.1 Å². The second kappa shape index (κ2) is 7.82. The van der Waals surface area contributed by atoms with Crippen LogP contribution >= 0.6 is 0 Å². The van der Waals surface area contributed by atoms with Crippen LogP contribution in [0.25, 0.3) is 11.3 Å². The second-order valence-electron chi connectivity index (χ2n) is 7.75. The summed E-state index contributed by atoms with van der Waals surface area (Å²) in [6.07, 6.45) is 4.19. The number of ketones is 1. The zero-order chi connectivity index (χ0) is 22.2. The van der Waals surface area contributed by atoms with E-state index in [2.05, 4.69) is 25.4 Å². The van der Waals surface area contributed by atoms with Gasteiger partial charge in [0.2, 0.25) is 5.78 Å². The molecule has 0 spiro atoms. The number of dihydropyridines is 1. The highest BCUT2D eigenvalue weighted by Crippen LogP contribution is 2.27. The molecule has 0 radical (unpaired) electrons. The third-order valence-corrected chi connectivity index (χ3v) is 5.07. The van der Waals surface area contributed by atoms with E-state index in [9.17, 15) is 14.0 Å². The molecule has 0 bridgehead atoms. The number of aliphatic imine (C=N–C) groups is 1. The molecule has 4 rings (SSSR count). The number of aromatic nitrogens is 2. The van der Waals surface area contributed by atoms with Crippen LogP contribution in [0.3, 0.4) is 0 Å². The first-order valence-corrected chi connectivity index (χ1v) is 9.70. The molecule has 3 heterocycles. The highest BCUT2D eigenvalue weighted by atomic mass is 19.1. The van der Waals surface area contributed by atoms with Crippen LogP contribution in [0.15, 0.2) is 52.1 Å². The zero-order valence-corrected chi connectivity index (χ0v) is 17.3. The molecule has 1 N–H and O–H groups in total. The summed E-state index contributed by atoms with van der Waals surface area (Å²) >= 11 is 0. The van der Waals surface area contributed by atoms with Gasteiger partial charge in [0.15, 0.2) is 17.1 Å². The molecule has 8 nitrogen and oxygen atoms in total. The Labute approximate surface area is 178 Å². The maximum Gasteiger partial charge on any atom is 0.255 e. The van der Waals surface area contributed by atoms with Crippen molar-refractivity contribution in [1.29, 1.82) is 0 Å². The lowest BCUT2D eigenvalue weighted by Crippen LogP contribution is -2.33. The van der Waals surface area contributed by atoms with Gasteiger partial charge in [-0.25, -0.2) is 9.37 Å². The van der Waals surface area contributed by atoms with Gasteiger partial charge in [0.05, 0.1) is 29.9 Å². The van der Waals surface area contributed by atoms with E-state index in [0.717, 1.165) is 17.3 Å². The number of aryl methyl sites for hydroxylation is 1. The van der Waals surface area contributed by atoms with Gasteiger partial charge in [0, 0.05) is 24.1 Å². The summed E-state index contributed by atoms with van der Waals surface area (Å²) in [7, 11) is 0. The first kappa shape index (κ1) is 20.5. The number of oxime groups is 1. The Morgan fingerprint density at radius 3 is 2.68 bits per heavy atom. The fourth-order valence-corrected chi connectivity index (χ4v) is 3.22. The molecule has 31 heavy (non-hydrogen) atoms. The Hall–Kier alpha value is -3.75. The predicted octanol–water partition coefficient (Wildman–Crippen LogP) is 3.17. The first-order chi connectivity index (χ1) is 14.8. The quantitative estimate of drug-likeness (QED) is 0.816. The van der Waals surface area contributed by atoms with E-state index in [1.54, 1.807) is 26.0 Å². The van der Waals surface area contributed by atoms with Crippen LogP contribution in [0.5, 0.6) is 0 Å². The van der Waals surface area contributed by atoms with E-state index < -0.39 is 17.3 Å². The lowest BCUT2D eigenvalue weighted by molar-refractivity contribution is -0.128. The number of nitrogens with zero attached hydrogens (tertiary/aromatic N) is 4. The van der Waals surface area contributed by atoms with E-state index in [4.69, 9.17) is 4.84 Å². The molecule has 1 aromatic heterocycles. The second-order valence-corrected chi connectivity index (χ2v) is 7.75. The maximum atomic E-state index is 13.8. The standard InChI is InChI=1S/C22H20FN5O3/c1-12-4-5-13(19-20(29)22(2,3)31-28-19)8-15(12)17-10-26-18(11-25-17)27-21(30)14-6-7-24-9-16(14)23/h4-5,8-11H,6-7H2,1-3H3,(H,26,27,30). The molecule has 2 aromatic rings. The summed E-state index contributed by atoms with van der Waals surface area (Å²) in [5.41, 5.74) is 2.18. The number of rotatable bonds is 4. The fraction of sp³-hybridized carbons (Fsp3) is 0.273. The van der Waals surface area contributed by atoms with Gasteiger partial charge in [0.25, 0.3) is 5.91 Å². The zero-order valence-electron chi connectivity index (χ0n) is 17.3. The van der Waals surface area contributed by atoms with Crippen molar-refractivity contribution in [3.63, 3.8) is 0 Å². The molecule has 9 heteroatoms. The number of allylic oxidation sites excluding steroid dienone is 1. The molecule has 1 amide bonds. The van der Waals surface area contributed by atoms with E-state index in [-0.39, 0.29) is 29.3 Å². The van der Waals surface area contributed by atoms with Gasteiger partial charge < -0.3 is 10.2 Å². The molecule has 0 atom stereocenters. The average Bonchev–Trinajstić information content (AvgIpc) is 3.02. The lowest BCUT2D eigenvalue weighted by atomic mass is 9.93. The lowest BCUT2D eigenvalue weighted by Gasteiger charge is -2.12. The number of carbonyl (C=O) groups is 2. The van der Waals surface area contributed by atoms with E-state index in [1.807, 2.05) is 13.0 Å². The molecule has 1 aromatic carbocycles. The molecule has 158 valence electrons. The van der Waals surface area contributed by atoms with Crippen molar-refractivity contribution in [1.82, 2.24) is 9.97 Å². The molecule has 2 aliphatic rings. The van der Waals surface area contributed by atoms with Crippen LogP contribution in [0.4, 0.5) is 10.2 Å². The minimum atomic E-state index is -0.987. The van der Waals surface area contributed by atoms with Crippen LogP contribution in [0, 0.1) is 6.92 Å². The van der Waals surface area contributed by atoms with Crippen molar-refractivity contribution in [2.45, 2.75) is 32.8 Å². The Morgan fingerprint density at radius 1 is 1.23 bits per heavy atom. The number of anilines is 1. The van der Waals surface area contributed by atoms with Gasteiger partial charge in [-0.1, -0.05) is 17.3 Å². The summed E-state index contributed by atoms with van der Waals surface area (Å²) in [4.78, 5) is 42.4. The topological polar surface area (TPSA) is 106 Å². The Kier molecular flexibility index (Phi) is 5.18. The summed E-state index contributed by atoms with van der Waals surface area (Å²) in [6, 6.07) is 5.47. The Morgan fingerprint density at radius 2 is 2.03 bits per heavy atom. The van der Waals surface area contributed by atoms with Crippen molar-refractivity contribution >= 4 is 29.4 Å². The molecule has 0 saturated carbocycles.